The lowest BCUT2D eigenvalue weighted by Gasteiger charge is -2.32. The van der Waals surface area contributed by atoms with Gasteiger partial charge in [0.25, 0.3) is 0 Å². The summed E-state index contributed by atoms with van der Waals surface area (Å²) in [6.07, 6.45) is 2.23. The Kier molecular flexibility index (Phi) is 6.68. The molecule has 0 unspecified atom stereocenters. The summed E-state index contributed by atoms with van der Waals surface area (Å²) < 4.78 is 0. The second kappa shape index (κ2) is 6.60. The largest absolute Gasteiger partial charge is 0.396 e. The second-order valence-electron chi connectivity index (χ2n) is 3.77. The van der Waals surface area contributed by atoms with Crippen LogP contribution in [0.5, 0.6) is 0 Å². The maximum Gasteiger partial charge on any atom is 0.0483 e. The molecule has 0 saturated carbocycles. The Morgan fingerprint density at radius 2 is 1.69 bits per heavy atom. The standard InChI is InChI=1S/C9H19NO2.ClH/c1-10-4-2-8(3-5-10)9(6-11)7-12;/h8-9,11-12H,2-7H2,1H3;1H. The summed E-state index contributed by atoms with van der Waals surface area (Å²) in [6.45, 7) is 2.46. The van der Waals surface area contributed by atoms with Crippen molar-refractivity contribution in [2.75, 3.05) is 33.4 Å². The van der Waals surface area contributed by atoms with E-state index in [9.17, 15) is 0 Å². The van der Waals surface area contributed by atoms with E-state index in [0.29, 0.717) is 5.92 Å². The van der Waals surface area contributed by atoms with E-state index in [4.69, 9.17) is 10.2 Å². The van der Waals surface area contributed by atoms with Crippen LogP contribution in [0.4, 0.5) is 0 Å². The Morgan fingerprint density at radius 1 is 1.23 bits per heavy atom. The third kappa shape index (κ3) is 3.81. The lowest BCUT2D eigenvalue weighted by Crippen LogP contribution is -2.35. The maximum absolute atomic E-state index is 8.97. The highest BCUT2D eigenvalue weighted by Crippen LogP contribution is 2.23. The number of halogens is 1. The van der Waals surface area contributed by atoms with Gasteiger partial charge in [0.1, 0.15) is 0 Å². The van der Waals surface area contributed by atoms with Crippen LogP contribution >= 0.6 is 12.4 Å². The molecule has 0 spiro atoms. The minimum atomic E-state index is 0. The van der Waals surface area contributed by atoms with Crippen molar-refractivity contribution in [3.05, 3.63) is 0 Å². The first kappa shape index (κ1) is 13.2. The molecule has 0 atom stereocenters. The van der Waals surface area contributed by atoms with E-state index in [-0.39, 0.29) is 31.5 Å². The number of nitrogens with zero attached hydrogens (tertiary/aromatic N) is 1. The Hall–Kier alpha value is 0.170. The van der Waals surface area contributed by atoms with Gasteiger partial charge in [-0.3, -0.25) is 0 Å². The third-order valence-corrected chi connectivity index (χ3v) is 2.90. The molecule has 0 bridgehead atoms. The molecule has 13 heavy (non-hydrogen) atoms. The topological polar surface area (TPSA) is 43.7 Å². The molecule has 80 valence electrons. The molecule has 1 saturated heterocycles. The number of aliphatic hydroxyl groups excluding tert-OH is 2. The zero-order valence-corrected chi connectivity index (χ0v) is 8.96. The zero-order valence-electron chi connectivity index (χ0n) is 8.15. The average molecular weight is 210 g/mol. The summed E-state index contributed by atoms with van der Waals surface area (Å²) in [7, 11) is 2.11. The van der Waals surface area contributed by atoms with Crippen molar-refractivity contribution in [1.82, 2.24) is 4.90 Å². The highest BCUT2D eigenvalue weighted by Gasteiger charge is 2.23. The molecule has 1 aliphatic rings. The van der Waals surface area contributed by atoms with Gasteiger partial charge < -0.3 is 15.1 Å². The SMILES string of the molecule is CN1CCC(C(CO)CO)CC1.Cl. The van der Waals surface area contributed by atoms with Crippen LogP contribution in [-0.4, -0.2) is 48.5 Å². The van der Waals surface area contributed by atoms with Crippen molar-refractivity contribution in [3.63, 3.8) is 0 Å². The number of aliphatic hydroxyl groups is 2. The molecule has 0 aliphatic carbocycles. The summed E-state index contributed by atoms with van der Waals surface area (Å²) in [5.74, 6) is 0.634. The fourth-order valence-electron chi connectivity index (χ4n) is 1.86. The summed E-state index contributed by atoms with van der Waals surface area (Å²) >= 11 is 0. The van der Waals surface area contributed by atoms with Crippen molar-refractivity contribution in [3.8, 4) is 0 Å². The first-order valence-electron chi connectivity index (χ1n) is 4.68. The number of piperidine rings is 1. The van der Waals surface area contributed by atoms with E-state index < -0.39 is 0 Å². The highest BCUT2D eigenvalue weighted by molar-refractivity contribution is 5.85. The number of likely N-dealkylation sites (tertiary alicyclic amines) is 1. The molecule has 1 rings (SSSR count). The molecule has 0 radical (unpaired) electrons. The average Bonchev–Trinajstić information content (AvgIpc) is 2.10. The maximum atomic E-state index is 8.97. The smallest absolute Gasteiger partial charge is 0.0483 e. The molecule has 0 aromatic carbocycles. The van der Waals surface area contributed by atoms with Crippen LogP contribution in [0.15, 0.2) is 0 Å². The molecule has 0 aromatic rings. The van der Waals surface area contributed by atoms with Crippen LogP contribution < -0.4 is 0 Å². The van der Waals surface area contributed by atoms with Gasteiger partial charge in [-0.15, -0.1) is 12.4 Å². The number of hydrogen-bond donors (Lipinski definition) is 2. The van der Waals surface area contributed by atoms with Crippen LogP contribution in [0, 0.1) is 11.8 Å². The Morgan fingerprint density at radius 3 is 2.08 bits per heavy atom. The molecule has 0 aromatic heterocycles. The van der Waals surface area contributed by atoms with Crippen LogP contribution in [0.25, 0.3) is 0 Å². The summed E-state index contributed by atoms with van der Waals surface area (Å²) in [5, 5.41) is 17.9. The first-order chi connectivity index (χ1) is 5.77. The summed E-state index contributed by atoms with van der Waals surface area (Å²) in [6, 6.07) is 0. The van der Waals surface area contributed by atoms with E-state index in [1.807, 2.05) is 0 Å². The fourth-order valence-corrected chi connectivity index (χ4v) is 1.86. The van der Waals surface area contributed by atoms with Crippen molar-refractivity contribution >= 4 is 12.4 Å². The molecule has 1 aliphatic heterocycles. The van der Waals surface area contributed by atoms with E-state index >= 15 is 0 Å². The van der Waals surface area contributed by atoms with E-state index in [1.165, 1.54) is 0 Å². The molecular formula is C9H20ClNO2. The van der Waals surface area contributed by atoms with Gasteiger partial charge in [0.05, 0.1) is 0 Å². The molecular weight excluding hydrogens is 190 g/mol. The third-order valence-electron chi connectivity index (χ3n) is 2.90. The lowest BCUT2D eigenvalue weighted by atomic mass is 9.85. The number of rotatable bonds is 3. The predicted octanol–water partition coefficient (Wildman–Crippen LogP) is 0.351. The molecule has 1 heterocycles. The van der Waals surface area contributed by atoms with Gasteiger partial charge in [-0.2, -0.15) is 0 Å². The van der Waals surface area contributed by atoms with Crippen LogP contribution in [0.1, 0.15) is 12.8 Å². The van der Waals surface area contributed by atoms with Crippen molar-refractivity contribution in [1.29, 1.82) is 0 Å². The van der Waals surface area contributed by atoms with Crippen molar-refractivity contribution < 1.29 is 10.2 Å². The Balaban J connectivity index is 0.00000144. The van der Waals surface area contributed by atoms with Gasteiger partial charge in [0.15, 0.2) is 0 Å². The molecule has 4 heteroatoms. The molecule has 1 fully saturated rings. The van der Waals surface area contributed by atoms with Crippen LogP contribution in [0.2, 0.25) is 0 Å². The molecule has 3 nitrogen and oxygen atoms in total. The van der Waals surface area contributed by atoms with E-state index in [0.717, 1.165) is 25.9 Å². The second-order valence-corrected chi connectivity index (χ2v) is 3.77. The minimum Gasteiger partial charge on any atom is -0.396 e. The minimum absolute atomic E-state index is 0. The molecule has 0 amide bonds. The quantitative estimate of drug-likeness (QED) is 0.705. The summed E-state index contributed by atoms with van der Waals surface area (Å²) in [4.78, 5) is 2.29. The first-order valence-corrected chi connectivity index (χ1v) is 4.68. The van der Waals surface area contributed by atoms with E-state index in [2.05, 4.69) is 11.9 Å². The normalized spacial score (nSPS) is 20.3. The predicted molar refractivity (Wildman–Crippen MR) is 55.1 cm³/mol. The monoisotopic (exact) mass is 209 g/mol. The van der Waals surface area contributed by atoms with E-state index in [1.54, 1.807) is 0 Å². The van der Waals surface area contributed by atoms with Gasteiger partial charge in [0.2, 0.25) is 0 Å². The lowest BCUT2D eigenvalue weighted by molar-refractivity contribution is 0.0728. The van der Waals surface area contributed by atoms with Gasteiger partial charge in [-0.05, 0) is 38.9 Å². The Labute approximate surface area is 86.2 Å². The highest BCUT2D eigenvalue weighted by atomic mass is 35.5. The Bertz CT molecular complexity index is 123. The zero-order chi connectivity index (χ0) is 8.97. The van der Waals surface area contributed by atoms with Gasteiger partial charge in [-0.25, -0.2) is 0 Å². The van der Waals surface area contributed by atoms with Crippen LogP contribution in [-0.2, 0) is 0 Å². The van der Waals surface area contributed by atoms with Crippen molar-refractivity contribution in [2.45, 2.75) is 12.8 Å². The fraction of sp³-hybridized carbons (Fsp3) is 1.00. The van der Waals surface area contributed by atoms with Crippen LogP contribution in [0.3, 0.4) is 0 Å². The number of hydrogen-bond acceptors (Lipinski definition) is 3. The molecule has 2 N–H and O–H groups in total. The van der Waals surface area contributed by atoms with Crippen molar-refractivity contribution in [2.24, 2.45) is 11.8 Å². The van der Waals surface area contributed by atoms with Gasteiger partial charge >= 0.3 is 0 Å². The van der Waals surface area contributed by atoms with Gasteiger partial charge in [0, 0.05) is 19.1 Å². The summed E-state index contributed by atoms with van der Waals surface area (Å²) in [5.41, 5.74) is 0. The van der Waals surface area contributed by atoms with Gasteiger partial charge in [-0.1, -0.05) is 0 Å².